The minimum absolute atomic E-state index is 0.207. The number of para-hydroxylation sites is 2. The fraction of sp³-hybridized carbons (Fsp3) is 0.158. The van der Waals surface area contributed by atoms with E-state index in [-0.39, 0.29) is 5.57 Å². The molecule has 7 heteroatoms. The Morgan fingerprint density at radius 1 is 0.844 bits per heavy atom. The zero-order valence-corrected chi connectivity index (χ0v) is 25.6. The Morgan fingerprint density at radius 2 is 1.49 bits per heavy atom. The average Bonchev–Trinajstić information content (AvgIpc) is 3.05. The third-order valence-corrected chi connectivity index (χ3v) is 8.96. The number of aromatic carboxylic acids is 1. The molecule has 0 saturated heterocycles. The van der Waals surface area contributed by atoms with Crippen LogP contribution in [-0.2, 0) is 5.41 Å². The predicted octanol–water partition coefficient (Wildman–Crippen LogP) is 8.88. The highest BCUT2D eigenvalue weighted by Gasteiger charge is 2.42. The molecule has 0 spiro atoms. The van der Waals surface area contributed by atoms with Gasteiger partial charge in [-0.25, -0.2) is 18.0 Å². The number of fused-ring (bicyclic) bond motifs is 2. The summed E-state index contributed by atoms with van der Waals surface area (Å²) in [5.41, 5.74) is 3.80. The van der Waals surface area contributed by atoms with Gasteiger partial charge in [0.05, 0.1) is 0 Å². The van der Waals surface area contributed by atoms with Crippen LogP contribution in [0.5, 0.6) is 0 Å². The molecule has 1 N–H and O–H groups in total. The van der Waals surface area contributed by atoms with Gasteiger partial charge in [-0.15, -0.1) is 0 Å². The van der Waals surface area contributed by atoms with Gasteiger partial charge >= 0.3 is 5.97 Å². The quantitative estimate of drug-likeness (QED) is 0.183. The third-order valence-electron chi connectivity index (χ3n) is 8.96. The van der Waals surface area contributed by atoms with Crippen LogP contribution in [0.1, 0.15) is 46.5 Å². The number of anilines is 2. The number of hydrogen-bond donors (Lipinski definition) is 1. The Kier molecular flexibility index (Phi) is 7.36. The van der Waals surface area contributed by atoms with Crippen molar-refractivity contribution in [1.29, 1.82) is 0 Å². The van der Waals surface area contributed by atoms with Gasteiger partial charge in [-0.3, -0.25) is 0 Å². The maximum absolute atomic E-state index is 16.2. The van der Waals surface area contributed by atoms with Gasteiger partial charge in [0.1, 0.15) is 18.4 Å². The number of carbonyl (C=O) groups is 1. The summed E-state index contributed by atoms with van der Waals surface area (Å²) in [6.07, 6.45) is 5.69. The van der Waals surface area contributed by atoms with E-state index in [0.717, 1.165) is 40.8 Å². The minimum Gasteiger partial charge on any atom is -0.478 e. The van der Waals surface area contributed by atoms with E-state index in [1.54, 1.807) is 0 Å². The standard InChI is InChI=1S/C38H31F3N2O2/c1-22-34(39)32(33(37(44)45)36(41)35(22)40)31-27-18-16-25(42(4)23-12-8-6-9-13-23)20-29(27)38(2,3)30-21-26(17-19-28(30)31)43(5)24-14-10-7-11-15-24/h6-21H,1-5H3/p+1. The lowest BCUT2D eigenvalue weighted by Gasteiger charge is -2.40. The number of hydrogen-bond acceptors (Lipinski definition) is 2. The number of carboxylic acid groups (broad SMARTS) is 1. The van der Waals surface area contributed by atoms with E-state index >= 15 is 8.78 Å². The number of nitrogens with zero attached hydrogens (tertiary/aromatic N) is 2. The molecular formula is C38H32F3N2O2+. The molecule has 0 amide bonds. The number of rotatable bonds is 5. The number of halogens is 3. The van der Waals surface area contributed by atoms with Gasteiger partial charge in [-0.05, 0) is 59.5 Å². The fourth-order valence-corrected chi connectivity index (χ4v) is 6.33. The van der Waals surface area contributed by atoms with Crippen LogP contribution in [-0.4, -0.2) is 35.5 Å². The summed E-state index contributed by atoms with van der Waals surface area (Å²) in [6, 6.07) is 25.3. The van der Waals surface area contributed by atoms with E-state index in [1.165, 1.54) is 0 Å². The maximum Gasteiger partial charge on any atom is 0.339 e. The van der Waals surface area contributed by atoms with Crippen molar-refractivity contribution in [3.05, 3.63) is 154 Å². The average molecular weight is 606 g/mol. The van der Waals surface area contributed by atoms with Crippen LogP contribution < -0.4 is 4.90 Å². The first-order valence-corrected chi connectivity index (χ1v) is 14.6. The van der Waals surface area contributed by atoms with Crippen molar-refractivity contribution < 1.29 is 27.6 Å². The molecule has 0 radical (unpaired) electrons. The molecule has 4 aromatic carbocycles. The molecule has 0 aliphatic heterocycles. The summed E-state index contributed by atoms with van der Waals surface area (Å²) in [5.74, 6) is -5.95. The molecule has 6 rings (SSSR count). The van der Waals surface area contributed by atoms with E-state index in [1.807, 2.05) is 121 Å². The molecule has 2 aliphatic carbocycles. The molecule has 0 atom stereocenters. The molecule has 0 saturated carbocycles. The van der Waals surface area contributed by atoms with E-state index < -0.39 is 45.5 Å². The van der Waals surface area contributed by atoms with Crippen molar-refractivity contribution in [1.82, 2.24) is 0 Å². The molecule has 4 nitrogen and oxygen atoms in total. The van der Waals surface area contributed by atoms with Gasteiger partial charge in [0, 0.05) is 64.8 Å². The SMILES string of the molecule is Cc1c(F)c(F)c(C(=O)O)c(C2=C3C=CC(=[N+](C)c4ccccc4)C=C3C(C)(C)c3cc(N(C)c4ccccc4)ccc32)c1F. The van der Waals surface area contributed by atoms with Gasteiger partial charge in [0.15, 0.2) is 11.6 Å². The normalized spacial score (nSPS) is 16.1. The Morgan fingerprint density at radius 3 is 2.13 bits per heavy atom. The van der Waals surface area contributed by atoms with Crippen molar-refractivity contribution >= 4 is 34.3 Å². The summed E-state index contributed by atoms with van der Waals surface area (Å²) in [6.45, 7) is 5.24. The van der Waals surface area contributed by atoms with Crippen LogP contribution in [0.3, 0.4) is 0 Å². The fourth-order valence-electron chi connectivity index (χ4n) is 6.33. The van der Waals surface area contributed by atoms with E-state index in [4.69, 9.17) is 0 Å². The lowest BCUT2D eigenvalue weighted by molar-refractivity contribution is -0.403. The molecule has 0 heterocycles. The largest absolute Gasteiger partial charge is 0.478 e. The third kappa shape index (κ3) is 4.79. The predicted molar refractivity (Wildman–Crippen MR) is 173 cm³/mol. The van der Waals surface area contributed by atoms with Gasteiger partial charge in [0.25, 0.3) is 0 Å². The Hall–Kier alpha value is -5.17. The zero-order valence-electron chi connectivity index (χ0n) is 25.6. The van der Waals surface area contributed by atoms with Crippen molar-refractivity contribution in [3.63, 3.8) is 0 Å². The number of carboxylic acids is 1. The van der Waals surface area contributed by atoms with Crippen molar-refractivity contribution in [3.8, 4) is 0 Å². The lowest BCUT2D eigenvalue weighted by atomic mass is 9.64. The van der Waals surface area contributed by atoms with Gasteiger partial charge in [-0.2, -0.15) is 4.58 Å². The second-order valence-electron chi connectivity index (χ2n) is 11.9. The Bertz CT molecular complexity index is 2010. The highest BCUT2D eigenvalue weighted by Crippen LogP contribution is 2.52. The zero-order chi connectivity index (χ0) is 32.2. The van der Waals surface area contributed by atoms with Crippen LogP contribution in [0.4, 0.5) is 30.2 Å². The molecule has 4 aromatic rings. The summed E-state index contributed by atoms with van der Waals surface area (Å²) in [7, 11) is 3.89. The van der Waals surface area contributed by atoms with Gasteiger partial charge in [0.2, 0.25) is 11.4 Å². The van der Waals surface area contributed by atoms with Crippen LogP contribution >= 0.6 is 0 Å². The maximum atomic E-state index is 16.2. The van der Waals surface area contributed by atoms with Crippen LogP contribution in [0.2, 0.25) is 0 Å². The van der Waals surface area contributed by atoms with E-state index in [0.29, 0.717) is 11.1 Å². The first-order valence-electron chi connectivity index (χ1n) is 14.6. The Balaban J connectivity index is 1.69. The lowest BCUT2D eigenvalue weighted by Crippen LogP contribution is -2.31. The second kappa shape index (κ2) is 11.1. The van der Waals surface area contributed by atoms with Crippen LogP contribution in [0, 0.1) is 24.4 Å². The summed E-state index contributed by atoms with van der Waals surface area (Å²) in [4.78, 5) is 14.5. The van der Waals surface area contributed by atoms with E-state index in [2.05, 4.69) is 13.8 Å². The van der Waals surface area contributed by atoms with E-state index in [9.17, 15) is 14.3 Å². The van der Waals surface area contributed by atoms with Crippen molar-refractivity contribution in [2.24, 2.45) is 0 Å². The molecule has 2 aliphatic rings. The molecule has 0 unspecified atom stereocenters. The molecule has 0 aromatic heterocycles. The van der Waals surface area contributed by atoms with Gasteiger partial charge < -0.3 is 10.0 Å². The topological polar surface area (TPSA) is 43.5 Å². The Labute approximate surface area is 260 Å². The van der Waals surface area contributed by atoms with Gasteiger partial charge in [-0.1, -0.05) is 56.3 Å². The highest BCUT2D eigenvalue weighted by molar-refractivity contribution is 6.08. The second-order valence-corrected chi connectivity index (χ2v) is 11.9. The van der Waals surface area contributed by atoms with Crippen LogP contribution in [0.25, 0.3) is 5.57 Å². The molecule has 0 fully saturated rings. The molecule has 226 valence electrons. The summed E-state index contributed by atoms with van der Waals surface area (Å²) >= 11 is 0. The smallest absolute Gasteiger partial charge is 0.339 e. The molecular weight excluding hydrogens is 573 g/mol. The summed E-state index contributed by atoms with van der Waals surface area (Å²) in [5, 5.41) is 10.1. The first-order chi connectivity index (χ1) is 21.4. The molecule has 0 bridgehead atoms. The number of allylic oxidation sites excluding steroid dienone is 5. The monoisotopic (exact) mass is 605 g/mol. The number of benzene rings is 4. The van der Waals surface area contributed by atoms with Crippen molar-refractivity contribution in [2.75, 3.05) is 19.0 Å². The van der Waals surface area contributed by atoms with Crippen molar-refractivity contribution in [2.45, 2.75) is 26.2 Å². The highest BCUT2D eigenvalue weighted by atomic mass is 19.2. The summed E-state index contributed by atoms with van der Waals surface area (Å²) < 4.78 is 48.4. The molecule has 45 heavy (non-hydrogen) atoms. The minimum atomic E-state index is -1.75. The first kappa shape index (κ1) is 29.9. The van der Waals surface area contributed by atoms with Crippen LogP contribution in [0.15, 0.2) is 108 Å².